The first-order valence-electron chi connectivity index (χ1n) is 11.5. The molecule has 0 nitrogen and oxygen atoms in total. The molecule has 5 aromatic rings. The van der Waals surface area contributed by atoms with Crippen LogP contribution in [-0.4, -0.2) is 8.07 Å². The van der Waals surface area contributed by atoms with E-state index in [0.29, 0.717) is 0 Å². The zero-order chi connectivity index (χ0) is 24.8. The molecule has 0 radical (unpaired) electrons. The maximum atomic E-state index is 3.72. The summed E-state index contributed by atoms with van der Waals surface area (Å²) in [6, 6.07) is 42.8. The van der Waals surface area contributed by atoms with Crippen molar-refractivity contribution in [3.05, 3.63) is 165 Å². The first kappa shape index (κ1) is 30.2. The van der Waals surface area contributed by atoms with Gasteiger partial charge in [-0.2, -0.15) is 86.0 Å². The van der Waals surface area contributed by atoms with Crippen LogP contribution < -0.4 is 5.19 Å². The van der Waals surface area contributed by atoms with E-state index in [1.165, 1.54) is 10.8 Å². The third-order valence-corrected chi connectivity index (χ3v) is 7.07. The van der Waals surface area contributed by atoms with Gasteiger partial charge in [-0.1, -0.05) is 43.9 Å². The number of rotatable bonds is 1. The van der Waals surface area contributed by atoms with Crippen molar-refractivity contribution in [2.45, 2.75) is 19.6 Å². The maximum Gasteiger partial charge on any atom is 4.00 e. The van der Waals surface area contributed by atoms with Crippen LogP contribution in [0.5, 0.6) is 0 Å². The fourth-order valence-electron chi connectivity index (χ4n) is 3.24. The van der Waals surface area contributed by atoms with Crippen molar-refractivity contribution in [3.8, 4) is 0 Å². The average molecular weight is 552 g/mol. The first-order valence-corrected chi connectivity index (χ1v) is 15.0. The van der Waals surface area contributed by atoms with E-state index in [-0.39, 0.29) is 26.2 Å². The summed E-state index contributed by atoms with van der Waals surface area (Å²) in [4.78, 5) is 0. The molecule has 176 valence electrons. The molecule has 35 heavy (non-hydrogen) atoms. The van der Waals surface area contributed by atoms with E-state index in [4.69, 9.17) is 0 Å². The summed E-state index contributed by atoms with van der Waals surface area (Å²) in [7, 11) is -1.15. The van der Waals surface area contributed by atoms with Crippen LogP contribution in [0.3, 0.4) is 0 Å². The average Bonchev–Trinajstić information content (AvgIpc) is 3.27. The minimum Gasteiger partial charge on any atom is -0.199 e. The molecule has 0 unspecified atom stereocenters. The number of benzene rings is 4. The summed E-state index contributed by atoms with van der Waals surface area (Å²) in [5.74, 6) is 0. The van der Waals surface area contributed by atoms with E-state index in [1.807, 2.05) is 91.0 Å². The molecule has 5 aromatic carbocycles. The molecule has 0 aromatic heterocycles. The third kappa shape index (κ3) is 11.9. The molecule has 0 aliphatic carbocycles. The van der Waals surface area contributed by atoms with Gasteiger partial charge in [-0.15, -0.1) is 70.6 Å². The fraction of sp³-hybridized carbons (Fsp3) is 0.0909. The molecule has 5 rings (SSSR count). The van der Waals surface area contributed by atoms with Crippen LogP contribution in [0.15, 0.2) is 127 Å². The molecule has 2 heteroatoms. The molecule has 0 atom stereocenters. The maximum absolute atomic E-state index is 3.72. The zero-order valence-corrected chi connectivity index (χ0v) is 24.7. The van der Waals surface area contributed by atoms with Gasteiger partial charge in [0.25, 0.3) is 0 Å². The van der Waals surface area contributed by atoms with E-state index in [9.17, 15) is 0 Å². The van der Waals surface area contributed by atoms with Gasteiger partial charge >= 0.3 is 26.2 Å². The Bertz CT molecular complexity index is 1100. The largest absolute Gasteiger partial charge is 4.00 e. The van der Waals surface area contributed by atoms with Gasteiger partial charge in [-0.25, -0.2) is 0 Å². The number of fused-ring (bicyclic) bond motifs is 1. The van der Waals surface area contributed by atoms with Gasteiger partial charge in [-0.3, -0.25) is 0 Å². The van der Waals surface area contributed by atoms with Gasteiger partial charge < -0.3 is 0 Å². The number of hydrogen-bond acceptors (Lipinski definition) is 0. The van der Waals surface area contributed by atoms with Crippen molar-refractivity contribution < 1.29 is 26.2 Å². The monoisotopic (exact) mass is 550 g/mol. The molecule has 0 spiro atoms. The minimum atomic E-state index is -1.15. The van der Waals surface area contributed by atoms with Crippen LogP contribution in [0, 0.1) is 20.8 Å². The Balaban J connectivity index is 0.000000243. The fourth-order valence-corrected chi connectivity index (χ4v) is 4.86. The molecule has 0 amide bonds. The molecular weight excluding hydrogens is 516 g/mol. The molecule has 0 bridgehead atoms. The Hall–Kier alpha value is -2.80. The first-order chi connectivity index (χ1) is 16.3. The van der Waals surface area contributed by atoms with Crippen LogP contribution >= 0.6 is 0 Å². The van der Waals surface area contributed by atoms with Gasteiger partial charge in [0.2, 0.25) is 0 Å². The second kappa shape index (κ2) is 16.0. The minimum absolute atomic E-state index is 0. The van der Waals surface area contributed by atoms with E-state index in [0.717, 1.165) is 16.7 Å². The molecular formula is C33H36SiZr. The Morgan fingerprint density at radius 1 is 0.486 bits per heavy atom. The van der Waals surface area contributed by atoms with Gasteiger partial charge in [0.05, 0.1) is 0 Å². The Kier molecular flexibility index (Phi) is 13.8. The summed E-state index contributed by atoms with van der Waals surface area (Å²) < 4.78 is 0. The quantitative estimate of drug-likeness (QED) is 0.144. The molecule has 0 saturated carbocycles. The van der Waals surface area contributed by atoms with Crippen molar-refractivity contribution in [1.29, 1.82) is 0 Å². The normalized spacial score (nSPS) is 9.69. The van der Waals surface area contributed by atoms with E-state index in [2.05, 4.69) is 76.8 Å². The summed E-state index contributed by atoms with van der Waals surface area (Å²) >= 11 is 0. The van der Waals surface area contributed by atoms with E-state index >= 15 is 0 Å². The molecule has 0 aliphatic heterocycles. The Morgan fingerprint density at radius 2 is 0.829 bits per heavy atom. The summed E-state index contributed by atoms with van der Waals surface area (Å²) in [5, 5.41) is 4.43. The molecule has 0 saturated heterocycles. The van der Waals surface area contributed by atoms with E-state index < -0.39 is 8.07 Å². The van der Waals surface area contributed by atoms with Gasteiger partial charge in [0, 0.05) is 8.07 Å². The van der Waals surface area contributed by atoms with Gasteiger partial charge in [0.1, 0.15) is 0 Å². The summed E-state index contributed by atoms with van der Waals surface area (Å²) in [6.07, 6.45) is 0. The van der Waals surface area contributed by atoms with Crippen molar-refractivity contribution in [1.82, 2.24) is 0 Å². The van der Waals surface area contributed by atoms with Crippen LogP contribution in [0.2, 0.25) is 19.6 Å². The van der Waals surface area contributed by atoms with Crippen LogP contribution in [0.25, 0.3) is 10.8 Å². The third-order valence-electron chi connectivity index (χ3n) is 5.02. The van der Waals surface area contributed by atoms with Gasteiger partial charge in [0.15, 0.2) is 0 Å². The zero-order valence-electron chi connectivity index (χ0n) is 21.2. The Morgan fingerprint density at radius 3 is 1.14 bits per heavy atom. The van der Waals surface area contributed by atoms with Crippen molar-refractivity contribution in [3.63, 3.8) is 0 Å². The molecule has 0 N–H and O–H groups in total. The summed E-state index contributed by atoms with van der Waals surface area (Å²) in [5.41, 5.74) is 3.22. The number of hydrogen-bond donors (Lipinski definition) is 0. The van der Waals surface area contributed by atoms with Crippen molar-refractivity contribution in [2.24, 2.45) is 0 Å². The molecule has 0 fully saturated rings. The Labute approximate surface area is 233 Å². The van der Waals surface area contributed by atoms with E-state index in [1.54, 1.807) is 5.19 Å². The van der Waals surface area contributed by atoms with Crippen LogP contribution in [0.1, 0.15) is 16.7 Å². The second-order valence-corrected chi connectivity index (χ2v) is 14.1. The molecule has 0 heterocycles. The van der Waals surface area contributed by atoms with Crippen molar-refractivity contribution in [2.75, 3.05) is 0 Å². The predicted molar refractivity (Wildman–Crippen MR) is 155 cm³/mol. The summed E-state index contributed by atoms with van der Waals surface area (Å²) in [6.45, 7) is 18.4. The SMILES string of the molecule is C[Si](C)(C)[c-]1ccc2ccccc21.[CH2-]c1ccccc1.[CH2-]c1ccccc1.[CH2-]c1ccccc1.[Zr+4]. The molecule has 0 aliphatic rings. The predicted octanol–water partition coefficient (Wildman–Crippen LogP) is 8.71. The van der Waals surface area contributed by atoms with Crippen molar-refractivity contribution >= 4 is 24.0 Å². The standard InChI is InChI=1S/C12H15Si.3C7H7.Zr/c1-13(2,3)12-9-8-10-6-4-5-7-11(10)12;3*1-7-5-3-2-4-6-7;/h4-9H,1-3H3;3*2-6H,1H2;/q4*-1;+4. The van der Waals surface area contributed by atoms with Gasteiger partial charge in [-0.05, 0) is 0 Å². The topological polar surface area (TPSA) is 0 Å². The van der Waals surface area contributed by atoms with Crippen LogP contribution in [-0.2, 0) is 26.2 Å². The smallest absolute Gasteiger partial charge is 0.199 e. The second-order valence-electron chi connectivity index (χ2n) is 9.04. The van der Waals surface area contributed by atoms with Crippen LogP contribution in [0.4, 0.5) is 0 Å².